The molecule has 1 N–H and O–H groups in total. The molecule has 0 bridgehead atoms. The van der Waals surface area contributed by atoms with E-state index >= 15 is 0 Å². The largest absolute Gasteiger partial charge is 0.272 e. The fourth-order valence-corrected chi connectivity index (χ4v) is 1.89. The lowest BCUT2D eigenvalue weighted by molar-refractivity contribution is 0.631. The van der Waals surface area contributed by atoms with E-state index in [-0.39, 0.29) is 11.4 Å². The molecule has 86 valence electrons. The Hall–Kier alpha value is -1.97. The summed E-state index contributed by atoms with van der Waals surface area (Å²) in [4.78, 5) is 11.7. The molecule has 1 heterocycles. The van der Waals surface area contributed by atoms with E-state index in [1.165, 1.54) is 6.07 Å². The van der Waals surface area contributed by atoms with Crippen molar-refractivity contribution in [1.29, 1.82) is 0 Å². The van der Waals surface area contributed by atoms with E-state index in [2.05, 4.69) is 10.2 Å². The molecule has 1 saturated carbocycles. The Balaban J connectivity index is 2.16. The van der Waals surface area contributed by atoms with Crippen molar-refractivity contribution >= 4 is 0 Å². The van der Waals surface area contributed by atoms with Gasteiger partial charge in [-0.05, 0) is 25.0 Å². The number of rotatable bonds is 2. The van der Waals surface area contributed by atoms with Gasteiger partial charge in [-0.15, -0.1) is 0 Å². The maximum atomic E-state index is 13.6. The molecule has 0 aliphatic heterocycles. The van der Waals surface area contributed by atoms with Crippen LogP contribution in [0.1, 0.15) is 24.5 Å². The zero-order valence-corrected chi connectivity index (χ0v) is 9.11. The zero-order valence-electron chi connectivity index (χ0n) is 9.11. The molecule has 0 unspecified atom stereocenters. The second-order valence-corrected chi connectivity index (χ2v) is 4.29. The smallest absolute Gasteiger partial charge is 0.267 e. The van der Waals surface area contributed by atoms with Crippen LogP contribution in [0, 0.1) is 5.82 Å². The summed E-state index contributed by atoms with van der Waals surface area (Å²) in [6.45, 7) is 0. The highest BCUT2D eigenvalue weighted by Crippen LogP contribution is 2.39. The maximum Gasteiger partial charge on any atom is 0.272 e. The van der Waals surface area contributed by atoms with Crippen molar-refractivity contribution in [1.82, 2.24) is 10.2 Å². The third-order valence-electron chi connectivity index (χ3n) is 2.98. The van der Waals surface area contributed by atoms with E-state index in [4.69, 9.17) is 0 Å². The molecule has 1 aliphatic rings. The number of nitrogens with one attached hydrogen (secondary N) is 1. The molecule has 1 aromatic heterocycles. The van der Waals surface area contributed by atoms with Gasteiger partial charge in [-0.25, -0.2) is 9.49 Å². The first-order chi connectivity index (χ1) is 8.25. The minimum absolute atomic E-state index is 0.332. The maximum absolute atomic E-state index is 13.6. The zero-order chi connectivity index (χ0) is 11.8. The summed E-state index contributed by atoms with van der Waals surface area (Å²) in [5.74, 6) is 0.0447. The van der Waals surface area contributed by atoms with Gasteiger partial charge in [0.15, 0.2) is 0 Å². The first kappa shape index (κ1) is 10.2. The van der Waals surface area contributed by atoms with Crippen molar-refractivity contribution in [2.24, 2.45) is 0 Å². The van der Waals surface area contributed by atoms with Crippen LogP contribution >= 0.6 is 0 Å². The fraction of sp³-hybridized carbons (Fsp3) is 0.231. The molecular weight excluding hydrogens is 219 g/mol. The highest BCUT2D eigenvalue weighted by molar-refractivity contribution is 5.63. The Morgan fingerprint density at radius 1 is 1.24 bits per heavy atom. The number of benzene rings is 1. The topological polar surface area (TPSA) is 45.8 Å². The van der Waals surface area contributed by atoms with Gasteiger partial charge in [0.2, 0.25) is 0 Å². The van der Waals surface area contributed by atoms with Gasteiger partial charge >= 0.3 is 0 Å². The van der Waals surface area contributed by atoms with Gasteiger partial charge < -0.3 is 0 Å². The predicted octanol–water partition coefficient (Wildman–Crippen LogP) is 2.45. The Kier molecular flexibility index (Phi) is 2.28. The Morgan fingerprint density at radius 3 is 2.71 bits per heavy atom. The SMILES string of the molecule is O=c1[nH]nc(C2CC2)cc1-c1ccccc1F. The van der Waals surface area contributed by atoms with Crippen LogP contribution in [0.3, 0.4) is 0 Å². The Morgan fingerprint density at radius 2 is 2.00 bits per heavy atom. The van der Waals surface area contributed by atoms with Crippen LogP contribution in [-0.4, -0.2) is 10.2 Å². The number of hydrogen-bond donors (Lipinski definition) is 1. The predicted molar refractivity (Wildman–Crippen MR) is 62.2 cm³/mol. The minimum atomic E-state index is -0.383. The third kappa shape index (κ3) is 1.86. The Labute approximate surface area is 97.3 Å². The molecule has 1 aromatic carbocycles. The highest BCUT2D eigenvalue weighted by Gasteiger charge is 2.26. The van der Waals surface area contributed by atoms with Crippen LogP contribution in [0.15, 0.2) is 35.1 Å². The van der Waals surface area contributed by atoms with Crippen molar-refractivity contribution in [3.05, 3.63) is 52.2 Å². The lowest BCUT2D eigenvalue weighted by Gasteiger charge is -2.03. The summed E-state index contributed by atoms with van der Waals surface area (Å²) < 4.78 is 13.6. The standard InChI is InChI=1S/C13H11FN2O/c14-11-4-2-1-3-9(11)10-7-12(8-5-6-8)15-16-13(10)17/h1-4,7-8H,5-6H2,(H,16,17). The molecule has 1 aliphatic carbocycles. The molecule has 2 aromatic rings. The molecule has 3 nitrogen and oxygen atoms in total. The first-order valence-electron chi connectivity index (χ1n) is 5.60. The van der Waals surface area contributed by atoms with Gasteiger partial charge in [0.1, 0.15) is 5.82 Å². The molecule has 3 rings (SSSR count). The summed E-state index contributed by atoms with van der Waals surface area (Å²) in [7, 11) is 0. The van der Waals surface area contributed by atoms with E-state index in [9.17, 15) is 9.18 Å². The molecule has 17 heavy (non-hydrogen) atoms. The summed E-state index contributed by atoms with van der Waals surface area (Å²) in [5, 5.41) is 6.44. The number of hydrogen-bond acceptors (Lipinski definition) is 2. The van der Waals surface area contributed by atoms with Gasteiger partial charge in [0.05, 0.1) is 11.3 Å². The Bertz CT molecular complexity index is 617. The van der Waals surface area contributed by atoms with Crippen LogP contribution in [-0.2, 0) is 0 Å². The second kappa shape index (κ2) is 3.80. The number of aromatic amines is 1. The number of nitrogens with zero attached hydrogens (tertiary/aromatic N) is 1. The average molecular weight is 230 g/mol. The van der Waals surface area contributed by atoms with Crippen molar-refractivity contribution in [3.8, 4) is 11.1 Å². The van der Waals surface area contributed by atoms with Gasteiger partial charge in [-0.3, -0.25) is 4.79 Å². The monoisotopic (exact) mass is 230 g/mol. The van der Waals surface area contributed by atoms with Gasteiger partial charge in [-0.2, -0.15) is 5.10 Å². The average Bonchev–Trinajstić information content (AvgIpc) is 3.15. The molecule has 0 radical (unpaired) electrons. The normalized spacial score (nSPS) is 14.9. The van der Waals surface area contributed by atoms with Gasteiger partial charge in [-0.1, -0.05) is 18.2 Å². The highest BCUT2D eigenvalue weighted by atomic mass is 19.1. The van der Waals surface area contributed by atoms with Crippen LogP contribution < -0.4 is 5.56 Å². The van der Waals surface area contributed by atoms with Crippen molar-refractivity contribution < 1.29 is 4.39 Å². The second-order valence-electron chi connectivity index (χ2n) is 4.29. The number of H-pyrrole nitrogens is 1. The van der Waals surface area contributed by atoms with Crippen molar-refractivity contribution in [2.75, 3.05) is 0 Å². The summed E-state index contributed by atoms with van der Waals surface area (Å²) in [6.07, 6.45) is 2.19. The fourth-order valence-electron chi connectivity index (χ4n) is 1.89. The van der Waals surface area contributed by atoms with Crippen LogP contribution in [0.2, 0.25) is 0 Å². The molecule has 0 atom stereocenters. The molecule has 1 fully saturated rings. The first-order valence-corrected chi connectivity index (χ1v) is 5.60. The molecule has 0 spiro atoms. The molecule has 0 amide bonds. The lowest BCUT2D eigenvalue weighted by atomic mass is 10.1. The summed E-state index contributed by atoms with van der Waals surface area (Å²) in [5.41, 5.74) is 1.19. The van der Waals surface area contributed by atoms with Crippen molar-refractivity contribution in [3.63, 3.8) is 0 Å². The number of halogens is 1. The van der Waals surface area contributed by atoms with Gasteiger partial charge in [0.25, 0.3) is 5.56 Å². The minimum Gasteiger partial charge on any atom is -0.267 e. The van der Waals surface area contributed by atoms with Crippen molar-refractivity contribution in [2.45, 2.75) is 18.8 Å². The van der Waals surface area contributed by atoms with E-state index in [1.54, 1.807) is 24.3 Å². The van der Waals surface area contributed by atoms with E-state index in [0.29, 0.717) is 17.0 Å². The van der Waals surface area contributed by atoms with Crippen LogP contribution in [0.5, 0.6) is 0 Å². The van der Waals surface area contributed by atoms with E-state index in [1.807, 2.05) is 0 Å². The summed E-state index contributed by atoms with van der Waals surface area (Å²) in [6, 6.07) is 7.99. The van der Waals surface area contributed by atoms with E-state index in [0.717, 1.165) is 18.5 Å². The van der Waals surface area contributed by atoms with E-state index < -0.39 is 0 Å². The lowest BCUT2D eigenvalue weighted by Crippen LogP contribution is -2.12. The third-order valence-corrected chi connectivity index (χ3v) is 2.98. The van der Waals surface area contributed by atoms with Crippen LogP contribution in [0.4, 0.5) is 4.39 Å². The molecular formula is C13H11FN2O. The van der Waals surface area contributed by atoms with Gasteiger partial charge in [0, 0.05) is 11.5 Å². The summed E-state index contributed by atoms with van der Waals surface area (Å²) >= 11 is 0. The molecule has 4 heteroatoms. The molecule has 0 saturated heterocycles. The number of aromatic nitrogens is 2. The quantitative estimate of drug-likeness (QED) is 0.861. The van der Waals surface area contributed by atoms with Crippen LogP contribution in [0.25, 0.3) is 11.1 Å².